The summed E-state index contributed by atoms with van der Waals surface area (Å²) in [6.07, 6.45) is 0. The van der Waals surface area contributed by atoms with Gasteiger partial charge in [0.25, 0.3) is 0 Å². The number of methoxy groups -OCH3 is 1. The van der Waals surface area contributed by atoms with Crippen LogP contribution in [0.4, 0.5) is 0 Å². The second kappa shape index (κ2) is 5.98. The minimum absolute atomic E-state index is 0.132. The first kappa shape index (κ1) is 16.0. The molecule has 4 nitrogen and oxygen atoms in total. The summed E-state index contributed by atoms with van der Waals surface area (Å²) >= 11 is 0. The smallest absolute Gasteiger partial charge is 0.182 e. The lowest BCUT2D eigenvalue weighted by Gasteiger charge is -2.05. The summed E-state index contributed by atoms with van der Waals surface area (Å²) in [6.45, 7) is 1.79. The molecule has 0 heterocycles. The van der Waals surface area contributed by atoms with E-state index < -0.39 is 15.1 Å². The summed E-state index contributed by atoms with van der Waals surface area (Å²) in [5.74, 6) is 0.305. The molecule has 0 amide bonds. The average molecular weight is 332 g/mol. The third-order valence-corrected chi connectivity index (χ3v) is 6.80. The molecule has 2 aromatic rings. The van der Waals surface area contributed by atoms with Crippen LogP contribution in [0, 0.1) is 12.8 Å². The third-order valence-electron chi connectivity index (χ3n) is 4.52. The van der Waals surface area contributed by atoms with Crippen LogP contribution >= 0.6 is 0 Å². The van der Waals surface area contributed by atoms with Crippen LogP contribution in [0.2, 0.25) is 0 Å². The molecule has 0 spiro atoms. The highest BCUT2D eigenvalue weighted by Gasteiger charge is 2.58. The van der Waals surface area contributed by atoms with Crippen molar-refractivity contribution in [2.45, 2.75) is 23.0 Å². The molecule has 5 heteroatoms. The van der Waals surface area contributed by atoms with E-state index in [0.29, 0.717) is 4.90 Å². The van der Waals surface area contributed by atoms with Crippen molar-refractivity contribution in [3.63, 3.8) is 0 Å². The van der Waals surface area contributed by atoms with Gasteiger partial charge in [0.15, 0.2) is 9.84 Å². The molecule has 23 heavy (non-hydrogen) atoms. The lowest BCUT2D eigenvalue weighted by atomic mass is 10.1. The maximum absolute atomic E-state index is 12.8. The molecular weight excluding hydrogens is 312 g/mol. The summed E-state index contributed by atoms with van der Waals surface area (Å²) in [4.78, 5) is 0.322. The summed E-state index contributed by atoms with van der Waals surface area (Å²) in [5, 5.41) is 9.01. The van der Waals surface area contributed by atoms with Crippen LogP contribution in [0.25, 0.3) is 0 Å². The maximum Gasteiger partial charge on any atom is 0.182 e. The molecule has 3 rings (SSSR count). The van der Waals surface area contributed by atoms with Crippen molar-refractivity contribution < 1.29 is 18.3 Å². The topological polar surface area (TPSA) is 63.6 Å². The number of aryl methyl sites for hydroxylation is 1. The lowest BCUT2D eigenvalue weighted by molar-refractivity contribution is 0.274. The first-order valence-corrected chi connectivity index (χ1v) is 9.09. The fraction of sp³-hybridized carbons (Fsp3) is 0.333. The van der Waals surface area contributed by atoms with Gasteiger partial charge in [-0.3, -0.25) is 0 Å². The van der Waals surface area contributed by atoms with Gasteiger partial charge in [-0.2, -0.15) is 0 Å². The average Bonchev–Trinajstić information content (AvgIpc) is 3.31. The van der Waals surface area contributed by atoms with E-state index in [2.05, 4.69) is 0 Å². The third kappa shape index (κ3) is 2.86. The second-order valence-electron chi connectivity index (χ2n) is 5.97. The van der Waals surface area contributed by atoms with Crippen molar-refractivity contribution in [3.05, 3.63) is 59.7 Å². The van der Waals surface area contributed by atoms with Gasteiger partial charge in [0.1, 0.15) is 5.75 Å². The van der Waals surface area contributed by atoms with Crippen molar-refractivity contribution in [2.75, 3.05) is 13.7 Å². The zero-order chi connectivity index (χ0) is 16.6. The Hall–Kier alpha value is -1.85. The minimum Gasteiger partial charge on any atom is -0.497 e. The van der Waals surface area contributed by atoms with Crippen LogP contribution in [0.1, 0.15) is 17.0 Å². The number of benzene rings is 2. The SMILES string of the molecule is COc1ccc(C2C(CO)C2S(=O)(=O)c2ccc(C)cc2)cc1. The Kier molecular flexibility index (Phi) is 4.17. The summed E-state index contributed by atoms with van der Waals surface area (Å²) in [7, 11) is -1.86. The summed E-state index contributed by atoms with van der Waals surface area (Å²) < 4.78 is 30.8. The van der Waals surface area contributed by atoms with Crippen molar-refractivity contribution in [1.29, 1.82) is 0 Å². The van der Waals surface area contributed by atoms with Gasteiger partial charge in [-0.05, 0) is 36.8 Å². The number of ether oxygens (including phenoxy) is 1. The fourth-order valence-electron chi connectivity index (χ4n) is 3.13. The molecule has 1 aliphatic carbocycles. The van der Waals surface area contributed by atoms with Gasteiger partial charge < -0.3 is 9.84 Å². The van der Waals surface area contributed by atoms with Gasteiger partial charge >= 0.3 is 0 Å². The molecule has 3 atom stereocenters. The molecule has 0 aliphatic heterocycles. The van der Waals surface area contributed by atoms with E-state index in [1.54, 1.807) is 31.4 Å². The van der Waals surface area contributed by atoms with Gasteiger partial charge in [-0.1, -0.05) is 29.8 Å². The van der Waals surface area contributed by atoms with Gasteiger partial charge in [0.05, 0.1) is 17.3 Å². The van der Waals surface area contributed by atoms with Crippen LogP contribution in [0.3, 0.4) is 0 Å². The standard InChI is InChI=1S/C18H20O4S/c1-12-3-9-15(10-4-12)23(20,21)18-16(11-19)17(18)13-5-7-14(22-2)8-6-13/h3-10,16-19H,11H2,1-2H3. The molecule has 0 aromatic heterocycles. The van der Waals surface area contributed by atoms with Crippen LogP contribution in [0.5, 0.6) is 5.75 Å². The second-order valence-corrected chi connectivity index (χ2v) is 8.07. The highest BCUT2D eigenvalue weighted by molar-refractivity contribution is 7.92. The van der Waals surface area contributed by atoms with E-state index in [9.17, 15) is 13.5 Å². The monoisotopic (exact) mass is 332 g/mol. The molecule has 0 saturated heterocycles. The minimum atomic E-state index is -3.45. The van der Waals surface area contributed by atoms with Crippen molar-refractivity contribution >= 4 is 9.84 Å². The largest absolute Gasteiger partial charge is 0.497 e. The highest BCUT2D eigenvalue weighted by Crippen LogP contribution is 2.53. The molecule has 2 aromatic carbocycles. The molecule has 1 fully saturated rings. The quantitative estimate of drug-likeness (QED) is 0.914. The zero-order valence-electron chi connectivity index (χ0n) is 13.1. The molecule has 0 radical (unpaired) electrons. The Labute approximate surface area is 136 Å². The Morgan fingerprint density at radius 2 is 1.65 bits per heavy atom. The number of aliphatic hydroxyl groups is 1. The lowest BCUT2D eigenvalue weighted by Crippen LogP contribution is -2.11. The van der Waals surface area contributed by atoms with E-state index in [4.69, 9.17) is 4.74 Å². The molecular formula is C18H20O4S. The van der Waals surface area contributed by atoms with Crippen molar-refractivity contribution in [3.8, 4) is 5.75 Å². The first-order chi connectivity index (χ1) is 11.0. The van der Waals surface area contributed by atoms with Gasteiger partial charge in [0, 0.05) is 18.4 Å². The summed E-state index contributed by atoms with van der Waals surface area (Å²) in [6, 6.07) is 14.3. The van der Waals surface area contributed by atoms with Crippen LogP contribution in [0.15, 0.2) is 53.4 Å². The fourth-order valence-corrected chi connectivity index (χ4v) is 5.33. The normalized spacial score (nSPS) is 23.5. The molecule has 1 saturated carbocycles. The van der Waals surface area contributed by atoms with Gasteiger partial charge in [-0.15, -0.1) is 0 Å². The van der Waals surface area contributed by atoms with Gasteiger partial charge in [-0.25, -0.2) is 8.42 Å². The van der Waals surface area contributed by atoms with E-state index in [1.807, 2.05) is 31.2 Å². The predicted octanol–water partition coefficient (Wildman–Crippen LogP) is 2.55. The van der Waals surface area contributed by atoms with Crippen molar-refractivity contribution in [1.82, 2.24) is 0 Å². The zero-order valence-corrected chi connectivity index (χ0v) is 14.0. The molecule has 0 bridgehead atoms. The Morgan fingerprint density at radius 3 is 2.17 bits per heavy atom. The van der Waals surface area contributed by atoms with E-state index >= 15 is 0 Å². The van der Waals surface area contributed by atoms with Crippen molar-refractivity contribution in [2.24, 2.45) is 5.92 Å². The highest BCUT2D eigenvalue weighted by atomic mass is 32.2. The van der Waals surface area contributed by atoms with E-state index in [-0.39, 0.29) is 18.4 Å². The predicted molar refractivity (Wildman–Crippen MR) is 88.5 cm³/mol. The maximum atomic E-state index is 12.8. The molecule has 122 valence electrons. The van der Waals surface area contributed by atoms with Gasteiger partial charge in [0.2, 0.25) is 0 Å². The molecule has 1 aliphatic rings. The molecule has 1 N–H and O–H groups in total. The number of sulfone groups is 1. The number of aliphatic hydroxyl groups excluding tert-OH is 1. The number of hydrogen-bond acceptors (Lipinski definition) is 4. The Balaban J connectivity index is 1.90. The van der Waals surface area contributed by atoms with E-state index in [1.165, 1.54) is 0 Å². The van der Waals surface area contributed by atoms with Crippen LogP contribution < -0.4 is 4.74 Å². The molecule has 3 unspecified atom stereocenters. The Bertz CT molecular complexity index is 779. The Morgan fingerprint density at radius 1 is 1.04 bits per heavy atom. The first-order valence-electron chi connectivity index (χ1n) is 7.54. The van der Waals surface area contributed by atoms with E-state index in [0.717, 1.165) is 16.9 Å². The van der Waals surface area contributed by atoms with Crippen LogP contribution in [-0.2, 0) is 9.84 Å². The van der Waals surface area contributed by atoms with Crippen LogP contribution in [-0.4, -0.2) is 32.5 Å². The number of hydrogen-bond donors (Lipinski definition) is 1. The number of rotatable bonds is 5. The summed E-state index contributed by atoms with van der Waals surface area (Å²) in [5.41, 5.74) is 1.94.